The van der Waals surface area contributed by atoms with Crippen LogP contribution in [-0.2, 0) is 33.4 Å². The van der Waals surface area contributed by atoms with Crippen LogP contribution in [0.4, 0.5) is 8.78 Å². The van der Waals surface area contributed by atoms with E-state index in [4.69, 9.17) is 35.4 Å². The maximum absolute atomic E-state index is 14.6. The Hall–Kier alpha value is -3.14. The van der Waals surface area contributed by atoms with Gasteiger partial charge in [-0.05, 0) is 35.7 Å². The highest BCUT2D eigenvalue weighted by Crippen LogP contribution is 2.33. The number of benzene rings is 2. The minimum absolute atomic E-state index is 0.00656. The highest BCUT2D eigenvalue weighted by atomic mass is 35.5. The van der Waals surface area contributed by atoms with Crippen molar-refractivity contribution in [2.24, 2.45) is 0 Å². The molecule has 7 nitrogen and oxygen atoms in total. The molecule has 0 spiro atoms. The van der Waals surface area contributed by atoms with E-state index >= 15 is 0 Å². The van der Waals surface area contributed by atoms with Crippen LogP contribution in [-0.4, -0.2) is 68.0 Å². The van der Waals surface area contributed by atoms with Gasteiger partial charge in [0.1, 0.15) is 6.04 Å². The fraction of sp³-hybridized carbons (Fsp3) is 0.273. The van der Waals surface area contributed by atoms with Crippen molar-refractivity contribution in [1.82, 2.24) is 14.5 Å². The van der Waals surface area contributed by atoms with Gasteiger partial charge in [0.15, 0.2) is 0 Å². The number of imide groups is 1. The minimum atomic E-state index is -3.88. The second kappa shape index (κ2) is 9.15. The molecule has 13 heteroatoms. The van der Waals surface area contributed by atoms with Gasteiger partial charge in [-0.1, -0.05) is 35.9 Å². The zero-order chi connectivity index (χ0) is 25.7. The zero-order valence-electron chi connectivity index (χ0n) is 18.2. The number of fused-ring (bicyclic) bond motifs is 1. The Kier molecular flexibility index (Phi) is 6.53. The van der Waals surface area contributed by atoms with Gasteiger partial charge < -0.3 is 14.5 Å². The third-order valence-corrected chi connectivity index (χ3v) is 6.27. The summed E-state index contributed by atoms with van der Waals surface area (Å²) < 4.78 is 29.3. The number of amides is 4. The minimum Gasteiger partial charge on any atom is -0.387 e. The van der Waals surface area contributed by atoms with Crippen LogP contribution in [0.5, 0.6) is 0 Å². The fourth-order valence-electron chi connectivity index (χ4n) is 4.13. The molecule has 2 aliphatic rings. The number of alkyl halides is 2. The number of nitrogens with zero attached hydrogens (tertiary/aromatic N) is 3. The molecule has 1 saturated heterocycles. The number of hydrogen-bond donors (Lipinski definition) is 0. The van der Waals surface area contributed by atoms with Gasteiger partial charge in [0.25, 0.3) is 11.8 Å². The van der Waals surface area contributed by atoms with Gasteiger partial charge >= 0.3 is 5.92 Å². The molecule has 2 aromatic rings. The summed E-state index contributed by atoms with van der Waals surface area (Å²) in [5.41, 5.74) is 0.625. The van der Waals surface area contributed by atoms with E-state index in [0.717, 1.165) is 12.1 Å². The van der Waals surface area contributed by atoms with E-state index in [0.29, 0.717) is 20.7 Å². The molecule has 6 radical (unpaired) electrons. The molecule has 4 rings (SSSR count). The third-order valence-electron chi connectivity index (χ3n) is 6.02. The lowest BCUT2D eigenvalue weighted by Gasteiger charge is -2.37. The standard InChI is InChI=1S/C22H15B3ClF2N3O4/c23-16-8-17(20(34)31(25)19(16)33)29-10-12-7-11(1-6-15(12)18(29)32)9-30(24)21(35)22(27,28)13-2-4-14(26)5-3-13/h1-7,16-17H,8-10H2. The second-order valence-electron chi connectivity index (χ2n) is 8.34. The van der Waals surface area contributed by atoms with Crippen molar-refractivity contribution in [2.45, 2.75) is 37.3 Å². The molecule has 35 heavy (non-hydrogen) atoms. The first-order valence-electron chi connectivity index (χ1n) is 10.4. The second-order valence-corrected chi connectivity index (χ2v) is 8.78. The highest BCUT2D eigenvalue weighted by Gasteiger charge is 2.44. The van der Waals surface area contributed by atoms with Gasteiger partial charge in [-0.2, -0.15) is 8.78 Å². The molecule has 0 N–H and O–H groups in total. The molecular formula is C22H15B3ClF2N3O4. The fourth-order valence-corrected chi connectivity index (χ4v) is 4.25. The van der Waals surface area contributed by atoms with Crippen LogP contribution in [0, 0.1) is 0 Å². The monoisotopic (exact) mass is 491 g/mol. The van der Waals surface area contributed by atoms with Crippen LogP contribution in [0.2, 0.25) is 10.8 Å². The van der Waals surface area contributed by atoms with E-state index in [2.05, 4.69) is 0 Å². The Labute approximate surface area is 208 Å². The first kappa shape index (κ1) is 25.0. The van der Waals surface area contributed by atoms with Crippen LogP contribution in [0.15, 0.2) is 42.5 Å². The number of hydrogen-bond acceptors (Lipinski definition) is 4. The Balaban J connectivity index is 1.49. The Morgan fingerprint density at radius 1 is 1.11 bits per heavy atom. The normalized spacial score (nSPS) is 20.3. The van der Waals surface area contributed by atoms with Gasteiger partial charge in [-0.25, -0.2) is 0 Å². The van der Waals surface area contributed by atoms with Crippen molar-refractivity contribution in [3.63, 3.8) is 0 Å². The molecule has 172 valence electrons. The quantitative estimate of drug-likeness (QED) is 0.471. The molecule has 2 atom stereocenters. The number of piperidine rings is 1. The molecule has 0 bridgehead atoms. The molecular weight excluding hydrogens is 476 g/mol. The van der Waals surface area contributed by atoms with Crippen LogP contribution in [0.1, 0.15) is 33.5 Å². The number of halogens is 3. The summed E-state index contributed by atoms with van der Waals surface area (Å²) in [7, 11) is 16.9. The first-order chi connectivity index (χ1) is 16.4. The molecule has 4 amide bonds. The predicted molar refractivity (Wildman–Crippen MR) is 123 cm³/mol. The van der Waals surface area contributed by atoms with Crippen molar-refractivity contribution in [3.05, 3.63) is 69.7 Å². The third kappa shape index (κ3) is 4.47. The predicted octanol–water partition coefficient (Wildman–Crippen LogP) is 1.67. The average Bonchev–Trinajstić information content (AvgIpc) is 3.15. The van der Waals surface area contributed by atoms with Crippen molar-refractivity contribution in [1.29, 1.82) is 0 Å². The van der Waals surface area contributed by atoms with E-state index in [1.807, 2.05) is 0 Å². The summed E-state index contributed by atoms with van der Waals surface area (Å²) >= 11 is 5.72. The molecule has 2 aliphatic heterocycles. The van der Waals surface area contributed by atoms with Crippen molar-refractivity contribution >= 4 is 59.0 Å². The summed E-state index contributed by atoms with van der Waals surface area (Å²) in [4.78, 5) is 51.6. The van der Waals surface area contributed by atoms with Crippen LogP contribution in [0.25, 0.3) is 0 Å². The van der Waals surface area contributed by atoms with Crippen molar-refractivity contribution in [3.8, 4) is 0 Å². The molecule has 0 aliphatic carbocycles. The molecule has 2 aromatic carbocycles. The SMILES string of the molecule is [B]C1CC(N2Cc3cc(CN([B])C(=O)C(F)(F)c4ccc(Cl)cc4)ccc3C2=O)C(=O)N([B])C1=O. The summed E-state index contributed by atoms with van der Waals surface area (Å²) in [5, 5.41) is 0.242. The highest BCUT2D eigenvalue weighted by molar-refractivity contribution is 6.35. The lowest BCUT2D eigenvalue weighted by molar-refractivity contribution is -0.154. The molecule has 1 fully saturated rings. The summed E-state index contributed by atoms with van der Waals surface area (Å²) in [5.74, 6) is -8.48. The van der Waals surface area contributed by atoms with Crippen LogP contribution < -0.4 is 0 Å². The summed E-state index contributed by atoms with van der Waals surface area (Å²) in [6, 6.07) is 8.01. The average molecular weight is 491 g/mol. The van der Waals surface area contributed by atoms with Crippen LogP contribution >= 0.6 is 11.6 Å². The van der Waals surface area contributed by atoms with Gasteiger partial charge in [0.05, 0.1) is 7.85 Å². The maximum Gasteiger partial charge on any atom is 0.348 e. The van der Waals surface area contributed by atoms with Gasteiger partial charge in [0.2, 0.25) is 27.8 Å². The Morgan fingerprint density at radius 2 is 1.77 bits per heavy atom. The lowest BCUT2D eigenvalue weighted by Crippen LogP contribution is -2.55. The number of carbonyl (C=O) groups is 4. The molecule has 0 aromatic heterocycles. The smallest absolute Gasteiger partial charge is 0.348 e. The van der Waals surface area contributed by atoms with Gasteiger partial charge in [-0.15, -0.1) is 0 Å². The topological polar surface area (TPSA) is 78.0 Å². The summed E-state index contributed by atoms with van der Waals surface area (Å²) in [6.07, 6.45) is -0.0805. The molecule has 2 unspecified atom stereocenters. The van der Waals surface area contributed by atoms with Gasteiger partial charge in [-0.3, -0.25) is 19.2 Å². The zero-order valence-corrected chi connectivity index (χ0v) is 18.9. The van der Waals surface area contributed by atoms with E-state index in [-0.39, 0.29) is 30.1 Å². The van der Waals surface area contributed by atoms with E-state index in [9.17, 15) is 28.0 Å². The first-order valence-corrected chi connectivity index (χ1v) is 10.8. The van der Waals surface area contributed by atoms with Crippen molar-refractivity contribution < 1.29 is 28.0 Å². The van der Waals surface area contributed by atoms with Gasteiger partial charge in [0, 0.05) is 35.1 Å². The largest absolute Gasteiger partial charge is 0.387 e. The van der Waals surface area contributed by atoms with Crippen LogP contribution in [0.3, 0.4) is 0 Å². The number of carbonyl (C=O) groups excluding carboxylic acids is 4. The lowest BCUT2D eigenvalue weighted by atomic mass is 9.76. The summed E-state index contributed by atoms with van der Waals surface area (Å²) in [6.45, 7) is -0.353. The Morgan fingerprint density at radius 3 is 2.43 bits per heavy atom. The Bertz CT molecular complexity index is 1230. The van der Waals surface area contributed by atoms with E-state index in [1.54, 1.807) is 6.07 Å². The van der Waals surface area contributed by atoms with Crippen molar-refractivity contribution in [2.75, 3.05) is 0 Å². The van der Waals surface area contributed by atoms with E-state index < -0.39 is 47.0 Å². The van der Waals surface area contributed by atoms with E-state index in [1.165, 1.54) is 29.2 Å². The number of rotatable bonds is 5. The molecule has 0 saturated carbocycles. The molecule has 2 heterocycles. The maximum atomic E-state index is 14.6.